The van der Waals surface area contributed by atoms with Crippen LogP contribution in [0.2, 0.25) is 0 Å². The third-order valence-corrected chi connectivity index (χ3v) is 2.93. The van der Waals surface area contributed by atoms with Gasteiger partial charge in [-0.2, -0.15) is 5.10 Å². The van der Waals surface area contributed by atoms with Crippen molar-refractivity contribution in [1.29, 1.82) is 0 Å². The van der Waals surface area contributed by atoms with E-state index in [1.807, 2.05) is 48.6 Å². The van der Waals surface area contributed by atoms with Crippen molar-refractivity contribution < 1.29 is 0 Å². The molecule has 1 saturated heterocycles. The monoisotopic (exact) mass is 244 g/mol. The van der Waals surface area contributed by atoms with Crippen LogP contribution in [0.1, 0.15) is 18.9 Å². The van der Waals surface area contributed by atoms with Gasteiger partial charge in [0.1, 0.15) is 0 Å². The lowest BCUT2D eigenvalue weighted by Gasteiger charge is -2.18. The maximum absolute atomic E-state index is 4.51. The van der Waals surface area contributed by atoms with Gasteiger partial charge in [0.25, 0.3) is 0 Å². The Morgan fingerprint density at radius 2 is 2.00 bits per heavy atom. The second-order valence-electron chi connectivity index (χ2n) is 4.29. The van der Waals surface area contributed by atoms with Gasteiger partial charge in [0, 0.05) is 20.1 Å². The first-order valence-electron chi connectivity index (χ1n) is 6.43. The minimum Gasteiger partial charge on any atom is -0.340 e. The van der Waals surface area contributed by atoms with E-state index in [4.69, 9.17) is 0 Å². The Balaban J connectivity index is 2.04. The average Bonchev–Trinajstić information content (AvgIpc) is 2.80. The summed E-state index contributed by atoms with van der Waals surface area (Å²) in [5, 5.41) is 6.49. The molecule has 1 aromatic rings. The highest BCUT2D eigenvalue weighted by atomic mass is 15.6. The van der Waals surface area contributed by atoms with Crippen LogP contribution in [-0.4, -0.2) is 48.8 Å². The minimum absolute atomic E-state index is 0.913. The van der Waals surface area contributed by atoms with Crippen molar-refractivity contribution in [1.82, 2.24) is 9.91 Å². The van der Waals surface area contributed by atoms with Crippen LogP contribution in [0, 0.1) is 0 Å². The van der Waals surface area contributed by atoms with Gasteiger partial charge in [0.05, 0.1) is 12.8 Å². The van der Waals surface area contributed by atoms with Gasteiger partial charge in [-0.15, -0.1) is 0 Å². The zero-order valence-corrected chi connectivity index (χ0v) is 11.1. The fraction of sp³-hybridized carbons (Fsp3) is 0.429. The number of nitrogens with zero attached hydrogens (tertiary/aromatic N) is 4. The molecule has 2 rings (SSSR count). The molecular formula is C14H20N4. The minimum atomic E-state index is 0.913. The molecular weight excluding hydrogens is 224 g/mol. The Morgan fingerprint density at radius 3 is 2.67 bits per heavy atom. The third-order valence-electron chi connectivity index (χ3n) is 2.93. The van der Waals surface area contributed by atoms with Crippen molar-refractivity contribution in [3.8, 4) is 0 Å². The number of hydrazone groups is 1. The summed E-state index contributed by atoms with van der Waals surface area (Å²) in [7, 11) is 1.83. The maximum Gasteiger partial charge on any atom is 0.217 e. The Morgan fingerprint density at radius 1 is 1.22 bits per heavy atom. The fourth-order valence-corrected chi connectivity index (χ4v) is 2.10. The molecule has 0 N–H and O–H groups in total. The van der Waals surface area contributed by atoms with E-state index in [2.05, 4.69) is 21.9 Å². The normalized spacial score (nSPS) is 18.2. The van der Waals surface area contributed by atoms with Gasteiger partial charge in [-0.3, -0.25) is 4.99 Å². The molecule has 1 aromatic carbocycles. The van der Waals surface area contributed by atoms with Crippen LogP contribution in [0.25, 0.3) is 0 Å². The fourth-order valence-electron chi connectivity index (χ4n) is 2.10. The number of rotatable bonds is 4. The predicted octanol–water partition coefficient (Wildman–Crippen LogP) is 2.03. The highest BCUT2D eigenvalue weighted by Gasteiger charge is 2.24. The van der Waals surface area contributed by atoms with Gasteiger partial charge >= 0.3 is 0 Å². The molecule has 0 aliphatic carbocycles. The first-order valence-corrected chi connectivity index (χ1v) is 6.43. The molecule has 1 aliphatic heterocycles. The summed E-state index contributed by atoms with van der Waals surface area (Å²) in [6, 6.07) is 10.1. The maximum atomic E-state index is 4.51. The molecule has 96 valence electrons. The van der Waals surface area contributed by atoms with Crippen molar-refractivity contribution in [2.24, 2.45) is 10.1 Å². The summed E-state index contributed by atoms with van der Waals surface area (Å²) in [5.41, 5.74) is 1.11. The molecule has 0 saturated carbocycles. The number of benzene rings is 1. The van der Waals surface area contributed by atoms with E-state index in [1.165, 1.54) is 0 Å². The van der Waals surface area contributed by atoms with E-state index < -0.39 is 0 Å². The molecule has 1 fully saturated rings. The molecule has 0 radical (unpaired) electrons. The lowest BCUT2D eigenvalue weighted by Crippen LogP contribution is -2.31. The van der Waals surface area contributed by atoms with Crippen molar-refractivity contribution in [3.63, 3.8) is 0 Å². The van der Waals surface area contributed by atoms with Gasteiger partial charge in [0.2, 0.25) is 5.96 Å². The SMILES string of the molecule is CCCN1CCN(/N=C/c2ccccc2)C1=NC. The van der Waals surface area contributed by atoms with E-state index in [1.54, 1.807) is 0 Å². The first-order chi connectivity index (χ1) is 8.85. The Bertz CT molecular complexity index is 425. The predicted molar refractivity (Wildman–Crippen MR) is 76.0 cm³/mol. The largest absolute Gasteiger partial charge is 0.340 e. The first kappa shape index (κ1) is 12.6. The van der Waals surface area contributed by atoms with Gasteiger partial charge in [-0.05, 0) is 12.0 Å². The van der Waals surface area contributed by atoms with Crippen molar-refractivity contribution >= 4 is 12.2 Å². The molecule has 4 nitrogen and oxygen atoms in total. The van der Waals surface area contributed by atoms with Crippen molar-refractivity contribution in [2.75, 3.05) is 26.7 Å². The zero-order chi connectivity index (χ0) is 12.8. The Labute approximate surface area is 109 Å². The van der Waals surface area contributed by atoms with Gasteiger partial charge in [0.15, 0.2) is 0 Å². The highest BCUT2D eigenvalue weighted by Crippen LogP contribution is 2.10. The molecule has 0 bridgehead atoms. The van der Waals surface area contributed by atoms with Gasteiger partial charge < -0.3 is 4.90 Å². The molecule has 4 heteroatoms. The zero-order valence-electron chi connectivity index (χ0n) is 11.1. The van der Waals surface area contributed by atoms with E-state index in [9.17, 15) is 0 Å². The van der Waals surface area contributed by atoms with Crippen LogP contribution in [0.15, 0.2) is 40.4 Å². The van der Waals surface area contributed by atoms with Crippen LogP contribution < -0.4 is 0 Å². The molecule has 18 heavy (non-hydrogen) atoms. The topological polar surface area (TPSA) is 31.2 Å². The smallest absolute Gasteiger partial charge is 0.217 e. The lowest BCUT2D eigenvalue weighted by atomic mass is 10.2. The van der Waals surface area contributed by atoms with Gasteiger partial charge in [-0.25, -0.2) is 5.01 Å². The van der Waals surface area contributed by atoms with E-state index in [-0.39, 0.29) is 0 Å². The number of hydrogen-bond donors (Lipinski definition) is 0. The van der Waals surface area contributed by atoms with E-state index in [0.29, 0.717) is 0 Å². The van der Waals surface area contributed by atoms with Crippen LogP contribution in [0.4, 0.5) is 0 Å². The Kier molecular flexibility index (Phi) is 4.34. The molecule has 0 atom stereocenters. The molecule has 0 aromatic heterocycles. The summed E-state index contributed by atoms with van der Waals surface area (Å²) >= 11 is 0. The molecule has 1 heterocycles. The van der Waals surface area contributed by atoms with Crippen LogP contribution in [0.5, 0.6) is 0 Å². The third kappa shape index (κ3) is 2.88. The lowest BCUT2D eigenvalue weighted by molar-refractivity contribution is 0.459. The second-order valence-corrected chi connectivity index (χ2v) is 4.29. The summed E-state index contributed by atoms with van der Waals surface area (Å²) in [6.07, 6.45) is 3.02. The second kappa shape index (κ2) is 6.19. The summed E-state index contributed by atoms with van der Waals surface area (Å²) < 4.78 is 0. The standard InChI is InChI=1S/C14H20N4/c1-3-9-17-10-11-18(14(17)15-2)16-12-13-7-5-4-6-8-13/h4-8,12H,3,9-11H2,1-2H3/b15-14?,16-12+. The van der Waals surface area contributed by atoms with E-state index in [0.717, 1.165) is 37.6 Å². The molecule has 1 aliphatic rings. The van der Waals surface area contributed by atoms with Crippen LogP contribution in [0.3, 0.4) is 0 Å². The Hall–Kier alpha value is -1.84. The van der Waals surface area contributed by atoms with Crippen LogP contribution in [-0.2, 0) is 0 Å². The quantitative estimate of drug-likeness (QED) is 0.759. The van der Waals surface area contributed by atoms with Crippen LogP contribution >= 0.6 is 0 Å². The number of aliphatic imine (C=N–C) groups is 1. The summed E-state index contributed by atoms with van der Waals surface area (Å²) in [5.74, 6) is 0.976. The average molecular weight is 244 g/mol. The summed E-state index contributed by atoms with van der Waals surface area (Å²) in [6.45, 7) is 5.15. The van der Waals surface area contributed by atoms with Crippen molar-refractivity contribution in [2.45, 2.75) is 13.3 Å². The number of guanidine groups is 1. The molecule has 0 spiro atoms. The van der Waals surface area contributed by atoms with E-state index >= 15 is 0 Å². The van der Waals surface area contributed by atoms with Gasteiger partial charge in [-0.1, -0.05) is 37.3 Å². The molecule has 0 amide bonds. The molecule has 0 unspecified atom stereocenters. The highest BCUT2D eigenvalue weighted by molar-refractivity contribution is 5.85. The summed E-state index contributed by atoms with van der Waals surface area (Å²) in [4.78, 5) is 6.62. The number of hydrogen-bond acceptors (Lipinski definition) is 2. The van der Waals surface area contributed by atoms with Crippen molar-refractivity contribution in [3.05, 3.63) is 35.9 Å².